The van der Waals surface area contributed by atoms with Crippen molar-refractivity contribution in [2.45, 2.75) is 39.0 Å². The van der Waals surface area contributed by atoms with Crippen LogP contribution in [0, 0.1) is 0 Å². The van der Waals surface area contributed by atoms with E-state index < -0.39 is 0 Å². The highest BCUT2D eigenvalue weighted by molar-refractivity contribution is 6.09. The van der Waals surface area contributed by atoms with Crippen LogP contribution < -0.4 is 9.47 Å². The van der Waals surface area contributed by atoms with Crippen molar-refractivity contribution in [1.29, 1.82) is 0 Å². The molecule has 4 nitrogen and oxygen atoms in total. The number of ether oxygens (including phenoxy) is 2. The maximum atomic E-state index is 11.3. The Balaban J connectivity index is 2.14. The molecule has 0 heterocycles. The number of methoxy groups -OCH3 is 1. The Hall–Kier alpha value is -1.84. The Kier molecular flexibility index (Phi) is 5.16. The van der Waals surface area contributed by atoms with Crippen LogP contribution in [0.3, 0.4) is 0 Å². The van der Waals surface area contributed by atoms with Gasteiger partial charge in [0.25, 0.3) is 0 Å². The third kappa shape index (κ3) is 3.83. The van der Waals surface area contributed by atoms with Crippen LogP contribution in [-0.2, 0) is 4.79 Å². The zero-order chi connectivity index (χ0) is 14.4. The van der Waals surface area contributed by atoms with Gasteiger partial charge in [-0.2, -0.15) is 0 Å². The second-order valence-corrected chi connectivity index (χ2v) is 4.93. The van der Waals surface area contributed by atoms with Gasteiger partial charge < -0.3 is 9.47 Å². The molecule has 0 atom stereocenters. The Morgan fingerprint density at radius 3 is 2.75 bits per heavy atom. The first-order chi connectivity index (χ1) is 9.72. The number of nitrogens with zero attached hydrogens (tertiary/aromatic N) is 1. The lowest BCUT2D eigenvalue weighted by Gasteiger charge is -2.11. The highest BCUT2D eigenvalue weighted by Gasteiger charge is 2.17. The summed E-state index contributed by atoms with van der Waals surface area (Å²) in [7, 11) is 1.63. The summed E-state index contributed by atoms with van der Waals surface area (Å²) in [5.41, 5.74) is 1.78. The molecule has 0 spiro atoms. The fourth-order valence-electron chi connectivity index (χ4n) is 2.14. The zero-order valence-corrected chi connectivity index (χ0v) is 12.1. The van der Waals surface area contributed by atoms with Crippen molar-refractivity contribution in [2.75, 3.05) is 13.7 Å². The van der Waals surface area contributed by atoms with Crippen LogP contribution >= 0.6 is 0 Å². The smallest absolute Gasteiger partial charge is 0.163 e. The number of Topliss-reactive ketones (excluding diaryl/α,β-unsaturated/α-hetero) is 1. The summed E-state index contributed by atoms with van der Waals surface area (Å²) in [4.78, 5) is 15.8. The van der Waals surface area contributed by atoms with E-state index >= 15 is 0 Å². The monoisotopic (exact) mass is 275 g/mol. The first-order valence-electron chi connectivity index (χ1n) is 7.12. The van der Waals surface area contributed by atoms with Gasteiger partial charge in [0.1, 0.15) is 5.78 Å². The Labute approximate surface area is 119 Å². The van der Waals surface area contributed by atoms with Crippen molar-refractivity contribution in [3.63, 3.8) is 0 Å². The number of hydrogen-bond donors (Lipinski definition) is 0. The predicted octanol–water partition coefficient (Wildman–Crippen LogP) is 3.70. The highest BCUT2D eigenvalue weighted by Crippen LogP contribution is 2.32. The summed E-state index contributed by atoms with van der Waals surface area (Å²) in [6.45, 7) is 2.80. The summed E-state index contributed by atoms with van der Waals surface area (Å²) in [5, 5.41) is 0. The Morgan fingerprint density at radius 1 is 1.25 bits per heavy atom. The maximum absolute atomic E-state index is 11.3. The number of carbonyl (C=O) groups excluding carboxylic acids is 1. The van der Waals surface area contributed by atoms with Crippen LogP contribution in [-0.4, -0.2) is 25.2 Å². The van der Waals surface area contributed by atoms with E-state index in [4.69, 9.17) is 9.47 Å². The van der Waals surface area contributed by atoms with E-state index in [1.807, 2.05) is 18.2 Å². The van der Waals surface area contributed by atoms with Gasteiger partial charge in [-0.15, -0.1) is 0 Å². The lowest BCUT2D eigenvalue weighted by Crippen LogP contribution is -1.98. The fourth-order valence-corrected chi connectivity index (χ4v) is 2.14. The third-order valence-corrected chi connectivity index (χ3v) is 3.28. The lowest BCUT2D eigenvalue weighted by atomic mass is 10.2. The molecular formula is C16H21NO3. The molecule has 4 heteroatoms. The van der Waals surface area contributed by atoms with Gasteiger partial charge >= 0.3 is 0 Å². The zero-order valence-electron chi connectivity index (χ0n) is 12.1. The lowest BCUT2D eigenvalue weighted by molar-refractivity contribution is -0.116. The van der Waals surface area contributed by atoms with Gasteiger partial charge in [-0.05, 0) is 25.0 Å². The van der Waals surface area contributed by atoms with Crippen LogP contribution in [0.4, 0.5) is 5.69 Å². The molecule has 0 saturated heterocycles. The number of carbonyl (C=O) groups is 1. The van der Waals surface area contributed by atoms with E-state index in [0.717, 1.165) is 30.7 Å². The molecule has 20 heavy (non-hydrogen) atoms. The first-order valence-corrected chi connectivity index (χ1v) is 7.12. The number of benzene rings is 1. The number of hydrogen-bond acceptors (Lipinski definition) is 4. The number of unbranched alkanes of at least 4 members (excludes halogenated alkanes) is 1. The number of aliphatic imine (C=N–C) groups is 1. The third-order valence-electron chi connectivity index (χ3n) is 3.28. The van der Waals surface area contributed by atoms with Crippen LogP contribution in [0.15, 0.2) is 23.2 Å². The minimum absolute atomic E-state index is 0.275. The molecule has 1 fully saturated rings. The van der Waals surface area contributed by atoms with Crippen molar-refractivity contribution in [3.05, 3.63) is 18.2 Å². The van der Waals surface area contributed by atoms with E-state index in [-0.39, 0.29) is 5.78 Å². The number of rotatable bonds is 6. The molecular weight excluding hydrogens is 254 g/mol. The summed E-state index contributed by atoms with van der Waals surface area (Å²) in [6, 6.07) is 5.63. The van der Waals surface area contributed by atoms with E-state index in [0.29, 0.717) is 30.9 Å². The van der Waals surface area contributed by atoms with Gasteiger partial charge in [0.05, 0.1) is 19.4 Å². The molecule has 108 valence electrons. The molecule has 0 unspecified atom stereocenters. The molecule has 1 aliphatic rings. The first kappa shape index (κ1) is 14.6. The minimum Gasteiger partial charge on any atom is -0.493 e. The highest BCUT2D eigenvalue weighted by atomic mass is 16.5. The van der Waals surface area contributed by atoms with Gasteiger partial charge in [0.2, 0.25) is 0 Å². The molecule has 0 aromatic heterocycles. The van der Waals surface area contributed by atoms with Gasteiger partial charge in [0.15, 0.2) is 11.5 Å². The molecule has 0 bridgehead atoms. The predicted molar refractivity (Wildman–Crippen MR) is 79.4 cm³/mol. The average Bonchev–Trinajstić information content (AvgIpc) is 2.85. The van der Waals surface area contributed by atoms with Crippen LogP contribution in [0.2, 0.25) is 0 Å². The summed E-state index contributed by atoms with van der Waals surface area (Å²) < 4.78 is 11.0. The van der Waals surface area contributed by atoms with E-state index in [1.54, 1.807) is 7.11 Å². The van der Waals surface area contributed by atoms with Gasteiger partial charge in [-0.25, -0.2) is 0 Å². The van der Waals surface area contributed by atoms with Crippen molar-refractivity contribution >= 4 is 17.2 Å². The molecule has 1 aromatic rings. The van der Waals surface area contributed by atoms with Crippen molar-refractivity contribution in [2.24, 2.45) is 4.99 Å². The molecule has 1 aliphatic carbocycles. The topological polar surface area (TPSA) is 47.9 Å². The van der Waals surface area contributed by atoms with Crippen molar-refractivity contribution in [3.8, 4) is 11.5 Å². The second kappa shape index (κ2) is 7.08. The largest absolute Gasteiger partial charge is 0.493 e. The molecule has 0 amide bonds. The minimum atomic E-state index is 0.275. The van der Waals surface area contributed by atoms with Crippen LogP contribution in [0.1, 0.15) is 39.0 Å². The molecule has 0 radical (unpaired) electrons. The summed E-state index contributed by atoms with van der Waals surface area (Å²) in [6.07, 6.45) is 3.98. The summed E-state index contributed by atoms with van der Waals surface area (Å²) >= 11 is 0. The van der Waals surface area contributed by atoms with E-state index in [1.165, 1.54) is 0 Å². The van der Waals surface area contributed by atoms with Gasteiger partial charge in [0, 0.05) is 24.6 Å². The average molecular weight is 275 g/mol. The number of ketones is 1. The summed E-state index contributed by atoms with van der Waals surface area (Å²) in [5.74, 6) is 1.70. The Morgan fingerprint density at radius 2 is 2.10 bits per heavy atom. The van der Waals surface area contributed by atoms with E-state index in [9.17, 15) is 4.79 Å². The maximum Gasteiger partial charge on any atom is 0.163 e. The van der Waals surface area contributed by atoms with Gasteiger partial charge in [-0.1, -0.05) is 13.3 Å². The standard InChI is InChI=1S/C16H21NO3/c1-3-4-9-20-16-11-13(6-8-15(16)19-2)17-12-5-7-14(18)10-12/h6,8,11H,3-5,7,9-10H2,1-2H3. The normalized spacial score (nSPS) is 16.7. The molecule has 2 rings (SSSR count). The van der Waals surface area contributed by atoms with Crippen LogP contribution in [0.25, 0.3) is 0 Å². The van der Waals surface area contributed by atoms with E-state index in [2.05, 4.69) is 11.9 Å². The quantitative estimate of drug-likeness (QED) is 0.744. The fraction of sp³-hybridized carbons (Fsp3) is 0.500. The molecule has 0 aliphatic heterocycles. The molecule has 0 N–H and O–H groups in total. The van der Waals surface area contributed by atoms with Crippen LogP contribution in [0.5, 0.6) is 11.5 Å². The second-order valence-electron chi connectivity index (χ2n) is 4.93. The van der Waals surface area contributed by atoms with Gasteiger partial charge in [-0.3, -0.25) is 9.79 Å². The van der Waals surface area contributed by atoms with Crippen molar-refractivity contribution in [1.82, 2.24) is 0 Å². The van der Waals surface area contributed by atoms with Crippen molar-refractivity contribution < 1.29 is 14.3 Å². The Bertz CT molecular complexity index is 508. The SMILES string of the molecule is CCCCOc1cc(N=C2CCC(=O)C2)ccc1OC. The molecule has 1 saturated carbocycles. The molecule has 1 aromatic carbocycles.